The van der Waals surface area contributed by atoms with Gasteiger partial charge in [-0.1, -0.05) is 18.2 Å². The van der Waals surface area contributed by atoms with Crippen LogP contribution in [0, 0.1) is 5.41 Å². The number of carbonyl (C=O) groups is 1. The zero-order chi connectivity index (χ0) is 18.7. The smallest absolute Gasteiger partial charge is 0.359 e. The SMILES string of the molecule is CCOC(=O)c1nn(-c2ccccc2)cc1CN1CCC2(CCNCC2)C1.Cl. The first-order valence-electron chi connectivity index (χ1n) is 9.93. The minimum atomic E-state index is -0.335. The number of nitrogens with zero attached hydrogens (tertiary/aromatic N) is 3. The Morgan fingerprint density at radius 2 is 1.96 bits per heavy atom. The molecule has 1 N–H and O–H groups in total. The third kappa shape index (κ3) is 4.40. The van der Waals surface area contributed by atoms with Gasteiger partial charge in [0.15, 0.2) is 5.69 Å². The van der Waals surface area contributed by atoms with Crippen molar-refractivity contribution < 1.29 is 9.53 Å². The standard InChI is InChI=1S/C21H28N4O2.ClH/c1-2-27-20(26)19-17(15-25(23-19)18-6-4-3-5-7-18)14-24-13-10-21(16-24)8-11-22-12-9-21;/h3-7,15,22H,2,8-14,16H2,1H3;1H. The molecule has 0 saturated carbocycles. The van der Waals surface area contributed by atoms with Gasteiger partial charge >= 0.3 is 5.97 Å². The van der Waals surface area contributed by atoms with Gasteiger partial charge in [-0.2, -0.15) is 5.10 Å². The zero-order valence-electron chi connectivity index (χ0n) is 16.4. The maximum Gasteiger partial charge on any atom is 0.359 e. The molecule has 0 aliphatic carbocycles. The van der Waals surface area contributed by atoms with Crippen LogP contribution in [-0.4, -0.2) is 53.4 Å². The van der Waals surface area contributed by atoms with E-state index in [1.54, 1.807) is 4.68 Å². The number of nitrogens with one attached hydrogen (secondary N) is 1. The number of benzene rings is 1. The molecule has 2 saturated heterocycles. The van der Waals surface area contributed by atoms with Crippen molar-refractivity contribution in [3.05, 3.63) is 47.8 Å². The van der Waals surface area contributed by atoms with Crippen molar-refractivity contribution in [3.8, 4) is 5.69 Å². The Morgan fingerprint density at radius 1 is 1.21 bits per heavy atom. The molecule has 7 heteroatoms. The lowest BCUT2D eigenvalue weighted by molar-refractivity contribution is 0.0516. The van der Waals surface area contributed by atoms with Crippen LogP contribution in [0.3, 0.4) is 0 Å². The summed E-state index contributed by atoms with van der Waals surface area (Å²) in [6.45, 7) is 7.35. The van der Waals surface area contributed by atoms with E-state index in [9.17, 15) is 4.79 Å². The molecule has 0 unspecified atom stereocenters. The number of hydrogen-bond donors (Lipinski definition) is 1. The fraction of sp³-hybridized carbons (Fsp3) is 0.524. The van der Waals surface area contributed by atoms with Crippen LogP contribution in [0.1, 0.15) is 42.2 Å². The number of halogens is 1. The number of carbonyl (C=O) groups excluding carboxylic acids is 1. The van der Waals surface area contributed by atoms with Crippen molar-refractivity contribution in [2.24, 2.45) is 5.41 Å². The molecule has 0 atom stereocenters. The molecule has 28 heavy (non-hydrogen) atoms. The maximum atomic E-state index is 12.5. The number of hydrogen-bond acceptors (Lipinski definition) is 5. The van der Waals surface area contributed by atoms with Crippen LogP contribution >= 0.6 is 12.4 Å². The number of rotatable bonds is 5. The lowest BCUT2D eigenvalue weighted by Gasteiger charge is -2.33. The molecule has 0 radical (unpaired) electrons. The summed E-state index contributed by atoms with van der Waals surface area (Å²) < 4.78 is 7.04. The first kappa shape index (κ1) is 20.8. The molecular formula is C21H29ClN4O2. The molecule has 1 spiro atoms. The van der Waals surface area contributed by atoms with Crippen molar-refractivity contribution in [2.45, 2.75) is 32.7 Å². The summed E-state index contributed by atoms with van der Waals surface area (Å²) in [5.74, 6) is -0.335. The molecule has 3 heterocycles. The van der Waals surface area contributed by atoms with Crippen molar-refractivity contribution in [3.63, 3.8) is 0 Å². The Bertz CT molecular complexity index is 787. The van der Waals surface area contributed by atoms with Gasteiger partial charge in [-0.25, -0.2) is 9.48 Å². The summed E-state index contributed by atoms with van der Waals surface area (Å²) in [5, 5.41) is 8.02. The predicted molar refractivity (Wildman–Crippen MR) is 111 cm³/mol. The van der Waals surface area contributed by atoms with E-state index in [0.29, 0.717) is 17.7 Å². The topological polar surface area (TPSA) is 59.4 Å². The summed E-state index contributed by atoms with van der Waals surface area (Å²) in [7, 11) is 0. The molecule has 0 amide bonds. The second-order valence-electron chi connectivity index (χ2n) is 7.71. The van der Waals surface area contributed by atoms with E-state index in [-0.39, 0.29) is 18.4 Å². The van der Waals surface area contributed by atoms with Gasteiger partial charge in [0.1, 0.15) is 0 Å². The molecule has 1 aromatic carbocycles. The summed E-state index contributed by atoms with van der Waals surface area (Å²) in [4.78, 5) is 14.9. The molecular weight excluding hydrogens is 376 g/mol. The third-order valence-electron chi connectivity index (χ3n) is 5.86. The highest BCUT2D eigenvalue weighted by Crippen LogP contribution is 2.39. The van der Waals surface area contributed by atoms with Gasteiger partial charge in [0, 0.05) is 24.8 Å². The minimum Gasteiger partial charge on any atom is -0.461 e. The molecule has 2 aliphatic heterocycles. The number of esters is 1. The molecule has 4 rings (SSSR count). The van der Waals surface area contributed by atoms with Crippen LogP contribution in [-0.2, 0) is 11.3 Å². The highest BCUT2D eigenvalue weighted by Gasteiger charge is 2.39. The van der Waals surface area contributed by atoms with Crippen LogP contribution in [0.5, 0.6) is 0 Å². The zero-order valence-corrected chi connectivity index (χ0v) is 17.2. The number of ether oxygens (including phenoxy) is 1. The average Bonchev–Trinajstić information content (AvgIpc) is 3.28. The van der Waals surface area contributed by atoms with Gasteiger partial charge in [-0.3, -0.25) is 4.90 Å². The number of para-hydroxylation sites is 1. The summed E-state index contributed by atoms with van der Waals surface area (Å²) >= 11 is 0. The van der Waals surface area contributed by atoms with Gasteiger partial charge in [0.25, 0.3) is 0 Å². The van der Waals surface area contributed by atoms with Crippen LogP contribution in [0.2, 0.25) is 0 Å². The van der Waals surface area contributed by atoms with Gasteiger partial charge in [0.05, 0.1) is 12.3 Å². The summed E-state index contributed by atoms with van der Waals surface area (Å²) in [6.07, 6.45) is 5.72. The second kappa shape index (κ2) is 9.07. The van der Waals surface area contributed by atoms with E-state index >= 15 is 0 Å². The van der Waals surface area contributed by atoms with E-state index in [2.05, 4.69) is 15.3 Å². The Hall–Kier alpha value is -1.89. The van der Waals surface area contributed by atoms with E-state index in [4.69, 9.17) is 4.74 Å². The first-order valence-corrected chi connectivity index (χ1v) is 9.93. The van der Waals surface area contributed by atoms with Gasteiger partial charge in [-0.05, 0) is 63.4 Å². The highest BCUT2D eigenvalue weighted by atomic mass is 35.5. The van der Waals surface area contributed by atoms with Crippen molar-refractivity contribution in [1.82, 2.24) is 20.0 Å². The first-order chi connectivity index (χ1) is 13.2. The van der Waals surface area contributed by atoms with E-state index < -0.39 is 0 Å². The number of aromatic nitrogens is 2. The third-order valence-corrected chi connectivity index (χ3v) is 5.86. The van der Waals surface area contributed by atoms with Crippen molar-refractivity contribution in [2.75, 3.05) is 32.8 Å². The van der Waals surface area contributed by atoms with Gasteiger partial charge in [-0.15, -0.1) is 12.4 Å². The molecule has 6 nitrogen and oxygen atoms in total. The summed E-state index contributed by atoms with van der Waals surface area (Å²) in [6, 6.07) is 9.91. The Kier molecular flexibility index (Phi) is 6.75. The lowest BCUT2D eigenvalue weighted by Crippen LogP contribution is -2.38. The molecule has 2 aliphatic rings. The molecule has 2 fully saturated rings. The van der Waals surface area contributed by atoms with Crippen molar-refractivity contribution >= 4 is 18.4 Å². The lowest BCUT2D eigenvalue weighted by atomic mass is 9.78. The predicted octanol–water partition coefficient (Wildman–Crippen LogP) is 3.05. The largest absolute Gasteiger partial charge is 0.461 e. The van der Waals surface area contributed by atoms with Gasteiger partial charge < -0.3 is 10.1 Å². The number of likely N-dealkylation sites (tertiary alicyclic amines) is 1. The quantitative estimate of drug-likeness (QED) is 0.776. The van der Waals surface area contributed by atoms with Crippen LogP contribution < -0.4 is 5.32 Å². The summed E-state index contributed by atoms with van der Waals surface area (Å²) in [5.41, 5.74) is 2.78. The molecule has 152 valence electrons. The molecule has 0 bridgehead atoms. The monoisotopic (exact) mass is 404 g/mol. The highest BCUT2D eigenvalue weighted by molar-refractivity contribution is 5.88. The van der Waals surface area contributed by atoms with Crippen molar-refractivity contribution in [1.29, 1.82) is 0 Å². The van der Waals surface area contributed by atoms with E-state index in [0.717, 1.165) is 44.0 Å². The minimum absolute atomic E-state index is 0. The van der Waals surface area contributed by atoms with E-state index in [1.165, 1.54) is 19.3 Å². The average molecular weight is 405 g/mol. The second-order valence-corrected chi connectivity index (χ2v) is 7.71. The fourth-order valence-electron chi connectivity index (χ4n) is 4.38. The van der Waals surface area contributed by atoms with Crippen LogP contribution in [0.25, 0.3) is 5.69 Å². The number of piperidine rings is 1. The van der Waals surface area contributed by atoms with E-state index in [1.807, 2.05) is 43.5 Å². The van der Waals surface area contributed by atoms with Crippen LogP contribution in [0.4, 0.5) is 0 Å². The van der Waals surface area contributed by atoms with Crippen LogP contribution in [0.15, 0.2) is 36.5 Å². The molecule has 1 aromatic heterocycles. The van der Waals surface area contributed by atoms with Gasteiger partial charge in [0.2, 0.25) is 0 Å². The maximum absolute atomic E-state index is 12.5. The fourth-order valence-corrected chi connectivity index (χ4v) is 4.38. The molecule has 2 aromatic rings. The Labute approximate surface area is 172 Å². The Balaban J connectivity index is 0.00000225. The normalized spacial score (nSPS) is 18.8. The Morgan fingerprint density at radius 3 is 2.68 bits per heavy atom.